The Kier molecular flexibility index (Phi) is 5.31. The number of aromatic nitrogens is 2. The summed E-state index contributed by atoms with van der Waals surface area (Å²) in [5.41, 5.74) is 1.71. The van der Waals surface area contributed by atoms with Crippen molar-refractivity contribution in [2.45, 2.75) is 32.2 Å². The van der Waals surface area contributed by atoms with E-state index in [4.69, 9.17) is 0 Å². The maximum absolute atomic E-state index is 12.2. The number of benzene rings is 1. The van der Waals surface area contributed by atoms with Crippen LogP contribution < -0.4 is 10.0 Å². The normalized spacial score (nSPS) is 12.0. The van der Waals surface area contributed by atoms with Gasteiger partial charge < -0.3 is 5.32 Å². The lowest BCUT2D eigenvalue weighted by Crippen LogP contribution is -2.31. The molecule has 6 nitrogen and oxygen atoms in total. The van der Waals surface area contributed by atoms with E-state index in [1.54, 1.807) is 11.3 Å². The monoisotopic (exact) mass is 376 g/mol. The zero-order valence-electron chi connectivity index (χ0n) is 14.1. The van der Waals surface area contributed by atoms with Gasteiger partial charge in [-0.1, -0.05) is 24.3 Å². The molecule has 0 saturated carbocycles. The van der Waals surface area contributed by atoms with Gasteiger partial charge >= 0.3 is 0 Å². The highest BCUT2D eigenvalue weighted by atomic mass is 32.2. The number of sulfonamides is 1. The van der Waals surface area contributed by atoms with Crippen LogP contribution in [-0.4, -0.2) is 24.4 Å². The van der Waals surface area contributed by atoms with Crippen molar-refractivity contribution in [3.05, 3.63) is 53.2 Å². The Bertz CT molecular complexity index is 967. The number of anilines is 1. The van der Waals surface area contributed by atoms with Crippen molar-refractivity contribution < 1.29 is 8.42 Å². The van der Waals surface area contributed by atoms with Crippen LogP contribution in [0.25, 0.3) is 10.2 Å². The number of hydrogen-bond acceptors (Lipinski definition) is 6. The summed E-state index contributed by atoms with van der Waals surface area (Å²) in [6.07, 6.45) is 1.53. The van der Waals surface area contributed by atoms with Gasteiger partial charge in [0.25, 0.3) is 0 Å². The largest absolute Gasteiger partial charge is 0.365 e. The minimum absolute atomic E-state index is 0.0410. The van der Waals surface area contributed by atoms with Gasteiger partial charge in [-0.25, -0.2) is 23.1 Å². The summed E-state index contributed by atoms with van der Waals surface area (Å²) in [4.78, 5) is 9.45. The van der Waals surface area contributed by atoms with Gasteiger partial charge in [-0.2, -0.15) is 0 Å². The minimum atomic E-state index is -3.37. The molecule has 132 valence electrons. The molecule has 2 heterocycles. The fourth-order valence-electron chi connectivity index (χ4n) is 2.59. The molecule has 8 heteroatoms. The second-order valence-electron chi connectivity index (χ2n) is 6.02. The van der Waals surface area contributed by atoms with E-state index in [0.717, 1.165) is 27.2 Å². The fourth-order valence-corrected chi connectivity index (χ4v) is 4.81. The van der Waals surface area contributed by atoms with E-state index in [1.165, 1.54) is 6.33 Å². The van der Waals surface area contributed by atoms with Gasteiger partial charge in [0.2, 0.25) is 10.0 Å². The van der Waals surface area contributed by atoms with Gasteiger partial charge in [-0.05, 0) is 36.4 Å². The predicted octanol–water partition coefficient (Wildman–Crippen LogP) is 3.13. The van der Waals surface area contributed by atoms with E-state index < -0.39 is 10.0 Å². The SMILES string of the molecule is CC(C)NS(=O)(=O)Cc1ccccc1CNc1ncnc2sccc12. The van der Waals surface area contributed by atoms with Crippen molar-refractivity contribution in [3.8, 4) is 0 Å². The number of hydrogen-bond donors (Lipinski definition) is 2. The zero-order chi connectivity index (χ0) is 17.9. The zero-order valence-corrected chi connectivity index (χ0v) is 15.7. The van der Waals surface area contributed by atoms with Crippen LogP contribution >= 0.6 is 11.3 Å². The van der Waals surface area contributed by atoms with Crippen molar-refractivity contribution in [2.24, 2.45) is 0 Å². The topological polar surface area (TPSA) is 84.0 Å². The highest BCUT2D eigenvalue weighted by Gasteiger charge is 2.15. The third-order valence-electron chi connectivity index (χ3n) is 3.59. The van der Waals surface area contributed by atoms with Gasteiger partial charge in [-0.15, -0.1) is 11.3 Å². The summed E-state index contributed by atoms with van der Waals surface area (Å²) < 4.78 is 27.1. The molecular formula is C17H20N4O2S2. The summed E-state index contributed by atoms with van der Waals surface area (Å²) in [5.74, 6) is 0.713. The maximum atomic E-state index is 12.2. The van der Waals surface area contributed by atoms with Gasteiger partial charge in [0.05, 0.1) is 11.1 Å². The third kappa shape index (κ3) is 4.53. The Morgan fingerprint density at radius 2 is 1.88 bits per heavy atom. The van der Waals surface area contributed by atoms with Gasteiger partial charge in [-0.3, -0.25) is 0 Å². The van der Waals surface area contributed by atoms with E-state index >= 15 is 0 Å². The molecule has 0 atom stereocenters. The number of nitrogens with one attached hydrogen (secondary N) is 2. The molecule has 0 radical (unpaired) electrons. The van der Waals surface area contributed by atoms with Crippen molar-refractivity contribution in [1.29, 1.82) is 0 Å². The van der Waals surface area contributed by atoms with E-state index in [0.29, 0.717) is 6.54 Å². The molecule has 0 aliphatic heterocycles. The van der Waals surface area contributed by atoms with Crippen LogP contribution in [0.5, 0.6) is 0 Å². The first-order chi connectivity index (χ1) is 11.9. The molecule has 0 saturated heterocycles. The minimum Gasteiger partial charge on any atom is -0.365 e. The maximum Gasteiger partial charge on any atom is 0.216 e. The lowest BCUT2D eigenvalue weighted by atomic mass is 10.1. The molecule has 0 bridgehead atoms. The van der Waals surface area contributed by atoms with Crippen LogP contribution in [0.4, 0.5) is 5.82 Å². The van der Waals surface area contributed by atoms with Gasteiger partial charge in [0.1, 0.15) is 17.0 Å². The molecule has 2 aromatic heterocycles. The second-order valence-corrected chi connectivity index (χ2v) is 8.66. The molecule has 0 aliphatic rings. The lowest BCUT2D eigenvalue weighted by Gasteiger charge is -2.13. The first-order valence-electron chi connectivity index (χ1n) is 7.93. The van der Waals surface area contributed by atoms with Crippen molar-refractivity contribution >= 4 is 37.4 Å². The van der Waals surface area contributed by atoms with Crippen molar-refractivity contribution in [3.63, 3.8) is 0 Å². The van der Waals surface area contributed by atoms with Crippen LogP contribution in [0.2, 0.25) is 0 Å². The molecular weight excluding hydrogens is 356 g/mol. The van der Waals surface area contributed by atoms with Gasteiger partial charge in [0.15, 0.2) is 0 Å². The highest BCUT2D eigenvalue weighted by molar-refractivity contribution is 7.88. The smallest absolute Gasteiger partial charge is 0.216 e. The Morgan fingerprint density at radius 1 is 1.12 bits per heavy atom. The Labute approximate surface area is 151 Å². The van der Waals surface area contributed by atoms with Crippen molar-refractivity contribution in [2.75, 3.05) is 5.32 Å². The van der Waals surface area contributed by atoms with E-state index in [9.17, 15) is 8.42 Å². The number of rotatable bonds is 7. The lowest BCUT2D eigenvalue weighted by molar-refractivity contribution is 0.569. The van der Waals surface area contributed by atoms with Crippen LogP contribution in [0.3, 0.4) is 0 Å². The van der Waals surface area contributed by atoms with Crippen LogP contribution in [0, 0.1) is 0 Å². The summed E-state index contributed by atoms with van der Waals surface area (Å²) in [6, 6.07) is 9.39. The fraction of sp³-hybridized carbons (Fsp3) is 0.294. The molecule has 2 N–H and O–H groups in total. The Hall–Kier alpha value is -2.03. The number of thiophene rings is 1. The second kappa shape index (κ2) is 7.47. The standard InChI is InChI=1S/C17H20N4O2S2/c1-12(2)21-25(22,23)10-14-6-4-3-5-13(14)9-18-16-15-7-8-24-17(15)20-11-19-16/h3-8,11-12,21H,9-10H2,1-2H3,(H,18,19,20). The number of fused-ring (bicyclic) bond motifs is 1. The van der Waals surface area contributed by atoms with E-state index in [-0.39, 0.29) is 11.8 Å². The highest BCUT2D eigenvalue weighted by Crippen LogP contribution is 2.24. The van der Waals surface area contributed by atoms with Crippen molar-refractivity contribution in [1.82, 2.24) is 14.7 Å². The van der Waals surface area contributed by atoms with Crippen LogP contribution in [0.1, 0.15) is 25.0 Å². The average molecular weight is 377 g/mol. The quantitative estimate of drug-likeness (QED) is 0.662. The molecule has 3 aromatic rings. The molecule has 0 spiro atoms. The first kappa shape index (κ1) is 17.8. The molecule has 0 amide bonds. The van der Waals surface area contributed by atoms with Crippen LogP contribution in [-0.2, 0) is 22.3 Å². The predicted molar refractivity (Wildman–Crippen MR) is 102 cm³/mol. The molecule has 0 fully saturated rings. The van der Waals surface area contributed by atoms with Gasteiger partial charge in [0, 0.05) is 12.6 Å². The van der Waals surface area contributed by atoms with Crippen LogP contribution in [0.15, 0.2) is 42.0 Å². The molecule has 25 heavy (non-hydrogen) atoms. The third-order valence-corrected chi connectivity index (χ3v) is 5.93. The Balaban J connectivity index is 1.78. The Morgan fingerprint density at radius 3 is 2.64 bits per heavy atom. The summed E-state index contributed by atoms with van der Waals surface area (Å²) >= 11 is 1.56. The summed E-state index contributed by atoms with van der Waals surface area (Å²) in [6.45, 7) is 4.12. The molecule has 0 unspecified atom stereocenters. The van der Waals surface area contributed by atoms with E-state index in [2.05, 4.69) is 20.0 Å². The molecule has 3 rings (SSSR count). The summed E-state index contributed by atoms with van der Waals surface area (Å²) in [5, 5.41) is 6.24. The summed E-state index contributed by atoms with van der Waals surface area (Å²) in [7, 11) is -3.37. The average Bonchev–Trinajstić information content (AvgIpc) is 3.01. The molecule has 1 aromatic carbocycles. The molecule has 0 aliphatic carbocycles. The van der Waals surface area contributed by atoms with E-state index in [1.807, 2.05) is 49.6 Å². The number of nitrogens with zero attached hydrogens (tertiary/aromatic N) is 2. The first-order valence-corrected chi connectivity index (χ1v) is 10.5.